The third-order valence-corrected chi connectivity index (χ3v) is 12.3. The summed E-state index contributed by atoms with van der Waals surface area (Å²) < 4.78 is 22.7. The van der Waals surface area contributed by atoms with Crippen molar-refractivity contribution in [3.05, 3.63) is 11.6 Å². The highest BCUT2D eigenvalue weighted by Gasteiger charge is 2.68. The van der Waals surface area contributed by atoms with E-state index in [1.54, 1.807) is 13.0 Å². The van der Waals surface area contributed by atoms with Crippen LogP contribution in [0.1, 0.15) is 71.6 Å². The van der Waals surface area contributed by atoms with Crippen LogP contribution in [0.4, 0.5) is 0 Å². The molecule has 4 saturated carbocycles. The van der Waals surface area contributed by atoms with E-state index in [1.165, 1.54) is 7.11 Å². The van der Waals surface area contributed by atoms with Gasteiger partial charge in [0.1, 0.15) is 24.9 Å². The van der Waals surface area contributed by atoms with E-state index >= 15 is 0 Å². The Morgan fingerprint density at radius 3 is 2.54 bits per heavy atom. The summed E-state index contributed by atoms with van der Waals surface area (Å²) in [6.07, 6.45) is 4.91. The smallest absolute Gasteiger partial charge is 0.331 e. The number of ether oxygens (including phenoxy) is 4. The minimum Gasteiger partial charge on any atom is -0.458 e. The molecule has 4 aliphatic carbocycles. The van der Waals surface area contributed by atoms with Gasteiger partial charge in [-0.25, -0.2) is 4.79 Å². The summed E-state index contributed by atoms with van der Waals surface area (Å²) in [5.74, 6) is 0.498. The van der Waals surface area contributed by atoms with Crippen molar-refractivity contribution >= 4 is 5.97 Å². The third kappa shape index (κ3) is 4.09. The van der Waals surface area contributed by atoms with Gasteiger partial charge < -0.3 is 39.4 Å². The van der Waals surface area contributed by atoms with Crippen molar-refractivity contribution in [2.24, 2.45) is 34.5 Å². The van der Waals surface area contributed by atoms with E-state index in [1.807, 2.05) is 0 Å². The van der Waals surface area contributed by atoms with E-state index in [2.05, 4.69) is 6.92 Å². The van der Waals surface area contributed by atoms with Crippen LogP contribution in [0.3, 0.4) is 0 Å². The predicted octanol–water partition coefficient (Wildman–Crippen LogP) is 2.08. The van der Waals surface area contributed by atoms with Crippen molar-refractivity contribution in [2.75, 3.05) is 20.3 Å². The first-order valence-corrected chi connectivity index (χ1v) is 15.0. The van der Waals surface area contributed by atoms with E-state index in [9.17, 15) is 25.2 Å². The molecule has 4 N–H and O–H groups in total. The number of aliphatic hydroxyl groups is 4. The lowest BCUT2D eigenvalue weighted by Gasteiger charge is -2.64. The lowest BCUT2D eigenvalue weighted by atomic mass is 9.43. The SMILES string of the molecule is CO[C@H]1[C@H](O)[C@H](O[C@H]2CC[C@@]3(CO)[C@H](CC[C@@H]4[C@@H]3CC[C@]3(C)[C@@H](C5=CC(=O)OC5)CC[C@]43O)C2)O[C@@H](C)[C@@H]1O. The van der Waals surface area contributed by atoms with Crippen molar-refractivity contribution in [3.63, 3.8) is 0 Å². The maximum atomic E-state index is 12.4. The molecule has 2 aliphatic heterocycles. The number of carbonyl (C=O) groups is 1. The zero-order valence-corrected chi connectivity index (χ0v) is 23.5. The molecule has 6 aliphatic rings. The average molecular weight is 551 g/mol. The minimum absolute atomic E-state index is 0.104. The molecule has 0 bridgehead atoms. The summed E-state index contributed by atoms with van der Waals surface area (Å²) in [6.45, 7) is 4.41. The van der Waals surface area contributed by atoms with Gasteiger partial charge in [-0.2, -0.15) is 0 Å². The van der Waals surface area contributed by atoms with E-state index in [-0.39, 0.29) is 53.2 Å². The molecule has 9 heteroatoms. The fraction of sp³-hybridized carbons (Fsp3) is 0.900. The number of aliphatic hydroxyl groups excluding tert-OH is 3. The zero-order valence-electron chi connectivity index (χ0n) is 23.5. The molecule has 0 unspecified atom stereocenters. The highest BCUT2D eigenvalue weighted by Crippen LogP contribution is 2.70. The van der Waals surface area contributed by atoms with E-state index in [0.717, 1.165) is 63.4 Å². The molecule has 0 radical (unpaired) electrons. The topological polar surface area (TPSA) is 135 Å². The third-order valence-electron chi connectivity index (χ3n) is 12.3. The van der Waals surface area contributed by atoms with Crippen LogP contribution in [0.2, 0.25) is 0 Å². The van der Waals surface area contributed by atoms with E-state index < -0.39 is 36.3 Å². The molecule has 6 rings (SSSR count). The molecule has 13 atom stereocenters. The maximum absolute atomic E-state index is 12.4. The van der Waals surface area contributed by atoms with Gasteiger partial charge in [0, 0.05) is 25.2 Å². The number of fused-ring (bicyclic) bond motifs is 5. The van der Waals surface area contributed by atoms with Crippen LogP contribution in [0.25, 0.3) is 0 Å². The molecule has 0 spiro atoms. The van der Waals surface area contributed by atoms with Crippen LogP contribution in [0.15, 0.2) is 11.6 Å². The van der Waals surface area contributed by atoms with Crippen LogP contribution in [0, 0.1) is 34.5 Å². The fourth-order valence-corrected chi connectivity index (χ4v) is 10.2. The number of cyclic esters (lactones) is 1. The van der Waals surface area contributed by atoms with Crippen molar-refractivity contribution in [1.82, 2.24) is 0 Å². The monoisotopic (exact) mass is 550 g/mol. The summed E-state index contributed by atoms with van der Waals surface area (Å²) >= 11 is 0. The Morgan fingerprint density at radius 2 is 1.85 bits per heavy atom. The molecule has 0 aromatic heterocycles. The van der Waals surface area contributed by atoms with Crippen molar-refractivity contribution in [2.45, 2.75) is 114 Å². The van der Waals surface area contributed by atoms with E-state index in [4.69, 9.17) is 18.9 Å². The Balaban J connectivity index is 1.18. The number of hydrogen-bond donors (Lipinski definition) is 4. The normalized spacial score (nSPS) is 53.4. The van der Waals surface area contributed by atoms with Gasteiger partial charge >= 0.3 is 5.97 Å². The second-order valence-electron chi connectivity index (χ2n) is 13.6. The molecule has 39 heavy (non-hydrogen) atoms. The van der Waals surface area contributed by atoms with Gasteiger partial charge in [0.05, 0.1) is 17.8 Å². The standard InChI is InChI=1S/C30H46O9/c1-16-24(33)26(36-3)25(34)27(38-16)39-19-6-10-29(15-31)18(13-19)4-5-22-21(29)7-9-28(2)20(8-11-30(22,28)35)17-12-23(32)37-14-17/h12,16,18-22,24-27,31,33-35H,4-11,13-15H2,1-3H3/t16-,18+,19-,20+,21-,22+,24-,25-,26+,27-,28+,29+,30-/m0/s1. The second kappa shape index (κ2) is 10.0. The lowest BCUT2D eigenvalue weighted by molar-refractivity contribution is -0.314. The first-order chi connectivity index (χ1) is 18.6. The number of carbonyl (C=O) groups excluding carboxylic acids is 1. The molecule has 1 saturated heterocycles. The molecular weight excluding hydrogens is 504 g/mol. The number of rotatable bonds is 5. The lowest BCUT2D eigenvalue weighted by Crippen LogP contribution is -2.64. The summed E-state index contributed by atoms with van der Waals surface area (Å²) in [6, 6.07) is 0. The summed E-state index contributed by atoms with van der Waals surface area (Å²) in [7, 11) is 1.47. The number of methoxy groups -OCH3 is 1. The fourth-order valence-electron chi connectivity index (χ4n) is 10.2. The van der Waals surface area contributed by atoms with Crippen LogP contribution in [-0.2, 0) is 23.7 Å². The Hall–Kier alpha value is -1.07. The number of esters is 1. The molecule has 2 heterocycles. The summed E-state index contributed by atoms with van der Waals surface area (Å²) in [5.41, 5.74) is -0.343. The van der Waals surface area contributed by atoms with Gasteiger partial charge in [-0.1, -0.05) is 6.92 Å². The molecule has 9 nitrogen and oxygen atoms in total. The predicted molar refractivity (Wildman–Crippen MR) is 139 cm³/mol. The molecule has 0 aromatic rings. The summed E-state index contributed by atoms with van der Waals surface area (Å²) in [4.78, 5) is 11.8. The molecule has 0 aromatic carbocycles. The van der Waals surface area contributed by atoms with E-state index in [0.29, 0.717) is 6.61 Å². The summed E-state index contributed by atoms with van der Waals surface area (Å²) in [5, 5.41) is 44.4. The first kappa shape index (κ1) is 28.1. The second-order valence-corrected chi connectivity index (χ2v) is 13.6. The van der Waals surface area contributed by atoms with Gasteiger partial charge in [0.25, 0.3) is 0 Å². The highest BCUT2D eigenvalue weighted by atomic mass is 16.7. The van der Waals surface area contributed by atoms with Gasteiger partial charge in [-0.05, 0) is 99.4 Å². The van der Waals surface area contributed by atoms with Crippen LogP contribution in [-0.4, -0.2) is 89.1 Å². The maximum Gasteiger partial charge on any atom is 0.331 e. The molecule has 0 amide bonds. The van der Waals surface area contributed by atoms with Crippen molar-refractivity contribution in [3.8, 4) is 0 Å². The largest absolute Gasteiger partial charge is 0.458 e. The van der Waals surface area contributed by atoms with Gasteiger partial charge in [-0.3, -0.25) is 0 Å². The first-order valence-electron chi connectivity index (χ1n) is 15.0. The zero-order chi connectivity index (χ0) is 27.7. The van der Waals surface area contributed by atoms with Crippen molar-refractivity contribution in [1.29, 1.82) is 0 Å². The highest BCUT2D eigenvalue weighted by molar-refractivity contribution is 5.85. The van der Waals surface area contributed by atoms with Crippen LogP contribution >= 0.6 is 0 Å². The van der Waals surface area contributed by atoms with Crippen LogP contribution < -0.4 is 0 Å². The Bertz CT molecular complexity index is 985. The quantitative estimate of drug-likeness (QED) is 0.300. The molecular formula is C30H46O9. The van der Waals surface area contributed by atoms with Gasteiger partial charge in [-0.15, -0.1) is 0 Å². The number of hydrogen-bond acceptors (Lipinski definition) is 9. The van der Waals surface area contributed by atoms with Crippen molar-refractivity contribution < 1.29 is 44.2 Å². The van der Waals surface area contributed by atoms with Gasteiger partial charge in [0.2, 0.25) is 0 Å². The Morgan fingerprint density at radius 1 is 1.05 bits per heavy atom. The van der Waals surface area contributed by atoms with Gasteiger partial charge in [0.15, 0.2) is 6.29 Å². The average Bonchev–Trinajstić information content (AvgIpc) is 3.47. The Labute approximate surface area is 230 Å². The minimum atomic E-state index is -1.09. The molecule has 220 valence electrons. The van der Waals surface area contributed by atoms with Crippen LogP contribution in [0.5, 0.6) is 0 Å². The Kier molecular flexibility index (Phi) is 7.22. The molecule has 5 fully saturated rings.